The van der Waals surface area contributed by atoms with E-state index in [1.807, 2.05) is 40.7 Å². The molecular formula is C57H79N9O10S. The van der Waals surface area contributed by atoms with Gasteiger partial charge in [-0.25, -0.2) is 22.2 Å². The van der Waals surface area contributed by atoms with Crippen molar-refractivity contribution in [2.75, 3.05) is 13.6 Å². The largest absolute Gasteiger partial charge is 0.444 e. The molecule has 418 valence electrons. The van der Waals surface area contributed by atoms with Crippen LogP contribution in [0.3, 0.4) is 0 Å². The number of hydrogen-bond donors (Lipinski definition) is 4. The van der Waals surface area contributed by atoms with Crippen molar-refractivity contribution in [3.8, 4) is 0 Å². The molecule has 1 aliphatic rings. The lowest BCUT2D eigenvalue weighted by molar-refractivity contribution is -0.143. The van der Waals surface area contributed by atoms with Crippen LogP contribution in [-0.2, 0) is 62.9 Å². The second kappa shape index (κ2) is 27.4. The molecule has 0 aliphatic carbocycles. The van der Waals surface area contributed by atoms with E-state index in [4.69, 9.17) is 4.74 Å². The Morgan fingerprint density at radius 2 is 1.48 bits per heavy atom. The van der Waals surface area contributed by atoms with Crippen LogP contribution in [0.1, 0.15) is 117 Å². The number of likely N-dealkylation sites (tertiary alicyclic amines) is 1. The highest BCUT2D eigenvalue weighted by Gasteiger charge is 2.41. The first-order chi connectivity index (χ1) is 36.3. The fourth-order valence-corrected chi connectivity index (χ4v) is 10.2. The minimum atomic E-state index is -4.13. The Bertz CT molecular complexity index is 2760. The number of ether oxygens (including phenoxy) is 1. The van der Waals surface area contributed by atoms with Crippen LogP contribution < -0.4 is 21.3 Å². The third kappa shape index (κ3) is 17.3. The number of carbonyl (C=O) groups excluding carboxylic acids is 7. The summed E-state index contributed by atoms with van der Waals surface area (Å²) in [6.07, 6.45) is 4.25. The van der Waals surface area contributed by atoms with Crippen LogP contribution in [-0.4, -0.2) is 123 Å². The predicted molar refractivity (Wildman–Crippen MR) is 291 cm³/mol. The smallest absolute Gasteiger partial charge is 0.410 e. The molecule has 3 heterocycles. The van der Waals surface area contributed by atoms with Gasteiger partial charge in [0.15, 0.2) is 5.78 Å². The summed E-state index contributed by atoms with van der Waals surface area (Å²) in [7, 11) is -2.75. The summed E-state index contributed by atoms with van der Waals surface area (Å²) >= 11 is 0. The maximum absolute atomic E-state index is 15.1. The first-order valence-corrected chi connectivity index (χ1v) is 28.0. The van der Waals surface area contributed by atoms with Crippen LogP contribution in [0.5, 0.6) is 0 Å². The van der Waals surface area contributed by atoms with E-state index in [0.717, 1.165) is 20.8 Å². The molecule has 0 spiro atoms. The van der Waals surface area contributed by atoms with Gasteiger partial charge in [0.1, 0.15) is 36.1 Å². The van der Waals surface area contributed by atoms with Crippen molar-refractivity contribution in [1.82, 2.24) is 45.0 Å². The number of amides is 6. The van der Waals surface area contributed by atoms with E-state index in [-0.39, 0.29) is 67.1 Å². The molecule has 1 aliphatic heterocycles. The second-order valence-corrected chi connectivity index (χ2v) is 23.7. The summed E-state index contributed by atoms with van der Waals surface area (Å²) < 4.78 is 34.1. The van der Waals surface area contributed by atoms with Crippen molar-refractivity contribution < 1.29 is 46.7 Å². The number of aromatic nitrogens is 3. The molecule has 6 amide bonds. The van der Waals surface area contributed by atoms with Crippen LogP contribution >= 0.6 is 0 Å². The fraction of sp³-hybridized carbons (Fsp3) is 0.526. The molecule has 77 heavy (non-hydrogen) atoms. The number of Topliss-reactive ketones (excluding diaryl/α,β-unsaturated/α-hetero) is 1. The van der Waals surface area contributed by atoms with E-state index in [1.165, 1.54) is 30.3 Å². The van der Waals surface area contributed by atoms with Crippen molar-refractivity contribution in [3.05, 3.63) is 114 Å². The third-order valence-corrected chi connectivity index (χ3v) is 15.4. The monoisotopic (exact) mass is 1080 g/mol. The molecule has 2 aromatic heterocycles. The number of benzene rings is 2. The third-order valence-electron chi connectivity index (χ3n) is 13.7. The van der Waals surface area contributed by atoms with Crippen LogP contribution in [0.2, 0.25) is 0 Å². The Balaban J connectivity index is 1.46. The number of nitrogens with one attached hydrogen (secondary N) is 4. The number of aryl methyl sites for hydroxylation is 1. The zero-order valence-corrected chi connectivity index (χ0v) is 47.3. The molecule has 19 nitrogen and oxygen atoms in total. The molecule has 4 aromatic rings. The second-order valence-electron chi connectivity index (χ2n) is 21.9. The fourth-order valence-electron chi connectivity index (χ4n) is 9.07. The minimum Gasteiger partial charge on any atom is -0.444 e. The van der Waals surface area contributed by atoms with E-state index >= 15 is 9.59 Å². The Labute approximate surface area is 454 Å². The van der Waals surface area contributed by atoms with Crippen molar-refractivity contribution in [1.29, 1.82) is 0 Å². The average molecular weight is 1080 g/mol. The number of likely N-dealkylation sites (N-methyl/N-ethyl adjacent to an activating group) is 1. The molecule has 7 atom stereocenters. The first-order valence-electron chi connectivity index (χ1n) is 26.6. The van der Waals surface area contributed by atoms with Crippen LogP contribution in [0.4, 0.5) is 4.79 Å². The Morgan fingerprint density at radius 1 is 0.805 bits per heavy atom. The van der Waals surface area contributed by atoms with Gasteiger partial charge in [-0.1, -0.05) is 102 Å². The van der Waals surface area contributed by atoms with Gasteiger partial charge < -0.3 is 30.9 Å². The normalized spacial score (nSPS) is 16.1. The molecular weight excluding hydrogens is 1000 g/mol. The Morgan fingerprint density at radius 3 is 2.09 bits per heavy atom. The van der Waals surface area contributed by atoms with Crippen molar-refractivity contribution in [3.63, 3.8) is 0 Å². The van der Waals surface area contributed by atoms with Gasteiger partial charge in [0.05, 0.1) is 28.9 Å². The van der Waals surface area contributed by atoms with Crippen LogP contribution in [0.15, 0.2) is 96.4 Å². The Hall–Kier alpha value is -6.96. The summed E-state index contributed by atoms with van der Waals surface area (Å²) in [6.45, 7) is 18.5. The van der Waals surface area contributed by atoms with E-state index < -0.39 is 93.2 Å². The number of hydrogen-bond acceptors (Lipinski definition) is 12. The molecule has 0 bridgehead atoms. The standard InChI is InChI=1S/C57H79N9O10S/c1-12-39(7)50(54(71)59-33-41-21-16-17-27-58-41)63-51(68)44(37(4)5)32-49(67)45(29-36(2)3)61-53(70)48(31-42-34-65(35-60-42)77(74,75)43-25-23-38(6)24-26-43)64(11)55(72)46(30-40-19-14-13-15-20-40)62-52(69)47-22-18-28-66(47)56(73)76-57(8,9)10/h13-17,19-21,23-27,34-37,39,44-48,50H,12,18,22,28-33H2,1-11H3,(H,59,71)(H,61,70)(H,62,69)(H,63,68)/t39-,44-,45-,46-,47-,48-,50-/m0/s1. The van der Waals surface area contributed by atoms with E-state index in [2.05, 4.69) is 31.2 Å². The van der Waals surface area contributed by atoms with Gasteiger partial charge in [-0.2, -0.15) is 0 Å². The van der Waals surface area contributed by atoms with Gasteiger partial charge in [-0.05, 0) is 94.5 Å². The van der Waals surface area contributed by atoms with Crippen molar-refractivity contribution >= 4 is 51.4 Å². The first kappa shape index (κ1) is 60.9. The lowest BCUT2D eigenvalue weighted by Crippen LogP contribution is -2.59. The maximum atomic E-state index is 15.1. The molecule has 2 aromatic carbocycles. The molecule has 1 fully saturated rings. The molecule has 0 unspecified atom stereocenters. The summed E-state index contributed by atoms with van der Waals surface area (Å²) in [5.74, 6) is -5.11. The number of carbonyl (C=O) groups is 7. The highest BCUT2D eigenvalue weighted by molar-refractivity contribution is 7.90. The highest BCUT2D eigenvalue weighted by atomic mass is 32.2. The van der Waals surface area contributed by atoms with E-state index in [0.29, 0.717) is 30.5 Å². The van der Waals surface area contributed by atoms with Gasteiger partial charge in [0.2, 0.25) is 29.5 Å². The van der Waals surface area contributed by atoms with Gasteiger partial charge >= 0.3 is 6.09 Å². The lowest BCUT2D eigenvalue weighted by Gasteiger charge is -2.33. The number of rotatable bonds is 25. The molecule has 5 rings (SSSR count). The topological polar surface area (TPSA) is 248 Å². The van der Waals surface area contributed by atoms with Gasteiger partial charge in [-0.3, -0.25) is 38.7 Å². The lowest BCUT2D eigenvalue weighted by atomic mass is 9.85. The predicted octanol–water partition coefficient (Wildman–Crippen LogP) is 5.93. The summed E-state index contributed by atoms with van der Waals surface area (Å²) in [6, 6.07) is 14.8. The van der Waals surface area contributed by atoms with Crippen LogP contribution in [0.25, 0.3) is 0 Å². The maximum Gasteiger partial charge on any atom is 0.410 e. The SMILES string of the molecule is CC[C@H](C)[C@H](NC(=O)[C@@H](CC(=O)[C@H](CC(C)C)NC(=O)[C@H](Cc1cn(S(=O)(=O)c2ccc(C)cc2)cn1)N(C)C(=O)[C@H](Cc1ccccc1)NC(=O)[C@@H]1CCCN1C(=O)OC(C)(C)C)C(C)C)C(=O)NCc1ccccn1. The molecule has 0 saturated carbocycles. The highest BCUT2D eigenvalue weighted by Crippen LogP contribution is 2.24. The van der Waals surface area contributed by atoms with Crippen molar-refractivity contribution in [2.45, 2.75) is 161 Å². The Kier molecular flexibility index (Phi) is 21.7. The van der Waals surface area contributed by atoms with Crippen LogP contribution in [0, 0.1) is 30.6 Å². The van der Waals surface area contributed by atoms with Gasteiger partial charge in [0.25, 0.3) is 10.0 Å². The van der Waals surface area contributed by atoms with E-state index in [1.54, 1.807) is 95.4 Å². The molecule has 20 heteroatoms. The zero-order chi connectivity index (χ0) is 56.8. The quantitative estimate of drug-likeness (QED) is 0.0603. The van der Waals surface area contributed by atoms with Gasteiger partial charge in [0, 0.05) is 51.2 Å². The summed E-state index contributed by atoms with van der Waals surface area (Å²) in [5.41, 5.74) is 1.47. The number of nitrogens with zero attached hydrogens (tertiary/aromatic N) is 5. The zero-order valence-electron chi connectivity index (χ0n) is 46.4. The minimum absolute atomic E-state index is 0.00308. The average Bonchev–Trinajstić information content (AvgIpc) is 4.09. The molecule has 0 radical (unpaired) electrons. The number of imidazole rings is 1. The molecule has 1 saturated heterocycles. The van der Waals surface area contributed by atoms with Gasteiger partial charge in [-0.15, -0.1) is 0 Å². The molecule has 4 N–H and O–H groups in total. The summed E-state index contributed by atoms with van der Waals surface area (Å²) in [4.78, 5) is 111. The number of pyridine rings is 1. The number of ketones is 1. The van der Waals surface area contributed by atoms with Crippen molar-refractivity contribution in [2.24, 2.45) is 23.7 Å². The summed E-state index contributed by atoms with van der Waals surface area (Å²) in [5, 5.41) is 11.6. The van der Waals surface area contributed by atoms with E-state index in [9.17, 15) is 32.4 Å².